The monoisotopic (exact) mass is 272 g/mol. The molecule has 0 bridgehead atoms. The molecule has 2 heteroatoms. The zero-order valence-corrected chi connectivity index (χ0v) is 12.8. The van der Waals surface area contributed by atoms with Gasteiger partial charge in [0.1, 0.15) is 0 Å². The number of rotatable bonds is 5. The second kappa shape index (κ2) is 6.28. The van der Waals surface area contributed by atoms with E-state index in [1.165, 1.54) is 50.8 Å². The molecule has 0 radical (unpaired) electrons. The molecule has 0 aromatic heterocycles. The summed E-state index contributed by atoms with van der Waals surface area (Å²) in [5.41, 5.74) is 1.53. The Morgan fingerprint density at radius 3 is 2.80 bits per heavy atom. The third kappa shape index (κ3) is 3.62. The van der Waals surface area contributed by atoms with Crippen molar-refractivity contribution in [1.29, 1.82) is 0 Å². The van der Waals surface area contributed by atoms with Crippen LogP contribution in [0.3, 0.4) is 0 Å². The molecule has 1 aliphatic carbocycles. The van der Waals surface area contributed by atoms with Gasteiger partial charge in [-0.05, 0) is 57.3 Å². The Labute approximate surface area is 123 Å². The highest BCUT2D eigenvalue weighted by molar-refractivity contribution is 5.24. The molecular formula is C18H28N2. The number of nitrogens with one attached hydrogen (secondary N) is 1. The van der Waals surface area contributed by atoms with Crippen LogP contribution in [0, 0.1) is 5.92 Å². The molecule has 1 heterocycles. The molecule has 1 aromatic carbocycles. The van der Waals surface area contributed by atoms with Crippen LogP contribution in [0.1, 0.15) is 44.6 Å². The molecular weight excluding hydrogens is 244 g/mol. The molecule has 1 saturated heterocycles. The van der Waals surface area contributed by atoms with Gasteiger partial charge in [0.2, 0.25) is 0 Å². The second-order valence-electron chi connectivity index (χ2n) is 6.84. The molecule has 3 rings (SSSR count). The maximum atomic E-state index is 3.77. The summed E-state index contributed by atoms with van der Waals surface area (Å²) >= 11 is 0. The predicted octanol–water partition coefficient (Wildman–Crippen LogP) is 3.39. The van der Waals surface area contributed by atoms with Crippen molar-refractivity contribution >= 4 is 0 Å². The van der Waals surface area contributed by atoms with Crippen LogP contribution in [0.4, 0.5) is 0 Å². The minimum absolute atomic E-state index is 0.108. The van der Waals surface area contributed by atoms with Gasteiger partial charge >= 0.3 is 0 Å². The Bertz CT molecular complexity index is 413. The predicted molar refractivity (Wildman–Crippen MR) is 84.8 cm³/mol. The van der Waals surface area contributed by atoms with E-state index >= 15 is 0 Å². The van der Waals surface area contributed by atoms with Gasteiger partial charge in [0.25, 0.3) is 0 Å². The van der Waals surface area contributed by atoms with Crippen LogP contribution in [0.25, 0.3) is 0 Å². The smallest absolute Gasteiger partial charge is 0.0534 e. The van der Waals surface area contributed by atoms with E-state index < -0.39 is 0 Å². The van der Waals surface area contributed by atoms with Gasteiger partial charge in [-0.3, -0.25) is 0 Å². The largest absolute Gasteiger partial charge is 0.307 e. The summed E-state index contributed by atoms with van der Waals surface area (Å²) in [7, 11) is 0. The molecule has 0 spiro atoms. The minimum atomic E-state index is 0.108. The van der Waals surface area contributed by atoms with Gasteiger partial charge in [-0.15, -0.1) is 0 Å². The van der Waals surface area contributed by atoms with E-state index in [1.807, 2.05) is 0 Å². The van der Waals surface area contributed by atoms with Crippen molar-refractivity contribution in [3.05, 3.63) is 35.9 Å². The molecule has 110 valence electrons. The van der Waals surface area contributed by atoms with E-state index in [-0.39, 0.29) is 5.54 Å². The fourth-order valence-corrected chi connectivity index (χ4v) is 3.45. The molecule has 1 N–H and O–H groups in total. The standard InChI is InChI=1S/C18H28N2/c1-18(17-8-3-2-4-9-17)15-20(14-6-12-19-18)13-5-7-16-10-11-16/h2-4,8-9,16,19H,5-7,10-15H2,1H3. The first kappa shape index (κ1) is 14.1. The lowest BCUT2D eigenvalue weighted by Crippen LogP contribution is -2.46. The first-order chi connectivity index (χ1) is 9.76. The highest BCUT2D eigenvalue weighted by Gasteiger charge is 2.30. The van der Waals surface area contributed by atoms with Gasteiger partial charge in [-0.1, -0.05) is 43.2 Å². The molecule has 1 saturated carbocycles. The highest BCUT2D eigenvalue weighted by Crippen LogP contribution is 2.33. The molecule has 2 fully saturated rings. The van der Waals surface area contributed by atoms with Crippen LogP contribution >= 0.6 is 0 Å². The summed E-state index contributed by atoms with van der Waals surface area (Å²) in [4.78, 5) is 2.68. The molecule has 1 aromatic rings. The molecule has 1 aliphatic heterocycles. The molecule has 0 amide bonds. The lowest BCUT2D eigenvalue weighted by molar-refractivity contribution is 0.216. The zero-order chi connectivity index (χ0) is 13.8. The van der Waals surface area contributed by atoms with Crippen LogP contribution in [0.15, 0.2) is 30.3 Å². The molecule has 20 heavy (non-hydrogen) atoms. The summed E-state index contributed by atoms with van der Waals surface area (Å²) in [5.74, 6) is 1.07. The lowest BCUT2D eigenvalue weighted by Gasteiger charge is -2.34. The van der Waals surface area contributed by atoms with Gasteiger partial charge in [-0.25, -0.2) is 0 Å². The summed E-state index contributed by atoms with van der Waals surface area (Å²) in [6.07, 6.45) is 7.08. The van der Waals surface area contributed by atoms with E-state index in [0.717, 1.165) is 19.0 Å². The van der Waals surface area contributed by atoms with Crippen LogP contribution in [0.2, 0.25) is 0 Å². The Hall–Kier alpha value is -0.860. The lowest BCUT2D eigenvalue weighted by atomic mass is 9.91. The molecule has 1 atom stereocenters. The third-order valence-corrected chi connectivity index (χ3v) is 4.90. The van der Waals surface area contributed by atoms with Crippen LogP contribution in [-0.2, 0) is 5.54 Å². The van der Waals surface area contributed by atoms with Crippen LogP contribution in [0.5, 0.6) is 0 Å². The molecule has 1 unspecified atom stereocenters. The van der Waals surface area contributed by atoms with Crippen molar-refractivity contribution in [3.63, 3.8) is 0 Å². The number of benzene rings is 1. The van der Waals surface area contributed by atoms with Crippen molar-refractivity contribution in [2.75, 3.05) is 26.2 Å². The van der Waals surface area contributed by atoms with Gasteiger partial charge in [0.15, 0.2) is 0 Å². The average molecular weight is 272 g/mol. The number of hydrogen-bond donors (Lipinski definition) is 1. The Morgan fingerprint density at radius 2 is 2.05 bits per heavy atom. The van der Waals surface area contributed by atoms with E-state index in [0.29, 0.717) is 0 Å². The van der Waals surface area contributed by atoms with Crippen molar-refractivity contribution < 1.29 is 0 Å². The third-order valence-electron chi connectivity index (χ3n) is 4.90. The van der Waals surface area contributed by atoms with Crippen LogP contribution in [-0.4, -0.2) is 31.1 Å². The van der Waals surface area contributed by atoms with Gasteiger partial charge in [0, 0.05) is 6.54 Å². The maximum absolute atomic E-state index is 3.77. The summed E-state index contributed by atoms with van der Waals surface area (Å²) in [6, 6.07) is 11.0. The number of nitrogens with zero attached hydrogens (tertiary/aromatic N) is 1. The van der Waals surface area contributed by atoms with Gasteiger partial charge < -0.3 is 10.2 Å². The average Bonchev–Trinajstić information content (AvgIpc) is 3.29. The van der Waals surface area contributed by atoms with Gasteiger partial charge in [-0.2, -0.15) is 0 Å². The SMILES string of the molecule is CC1(c2ccccc2)CN(CCCC2CC2)CCCN1. The van der Waals surface area contributed by atoms with E-state index in [9.17, 15) is 0 Å². The van der Waals surface area contributed by atoms with Crippen molar-refractivity contribution in [3.8, 4) is 0 Å². The number of hydrogen-bond acceptors (Lipinski definition) is 2. The molecule has 2 aliphatic rings. The van der Waals surface area contributed by atoms with E-state index in [4.69, 9.17) is 0 Å². The second-order valence-corrected chi connectivity index (χ2v) is 6.84. The maximum Gasteiger partial charge on any atom is 0.0534 e. The first-order valence-corrected chi connectivity index (χ1v) is 8.29. The van der Waals surface area contributed by atoms with E-state index in [1.54, 1.807) is 0 Å². The summed E-state index contributed by atoms with van der Waals surface area (Å²) in [5, 5.41) is 3.77. The Kier molecular flexibility index (Phi) is 4.42. The minimum Gasteiger partial charge on any atom is -0.307 e. The summed E-state index contributed by atoms with van der Waals surface area (Å²) in [6.45, 7) is 7.16. The molecule has 2 nitrogen and oxygen atoms in total. The van der Waals surface area contributed by atoms with Crippen molar-refractivity contribution in [2.24, 2.45) is 5.92 Å². The first-order valence-electron chi connectivity index (χ1n) is 8.29. The topological polar surface area (TPSA) is 15.3 Å². The highest BCUT2D eigenvalue weighted by atomic mass is 15.2. The summed E-state index contributed by atoms with van der Waals surface area (Å²) < 4.78 is 0. The normalized spacial score (nSPS) is 28.2. The Balaban J connectivity index is 1.61. The zero-order valence-electron chi connectivity index (χ0n) is 12.8. The van der Waals surface area contributed by atoms with E-state index in [2.05, 4.69) is 47.5 Å². The van der Waals surface area contributed by atoms with Crippen molar-refractivity contribution in [1.82, 2.24) is 10.2 Å². The Morgan fingerprint density at radius 1 is 1.25 bits per heavy atom. The fraction of sp³-hybridized carbons (Fsp3) is 0.667. The van der Waals surface area contributed by atoms with Crippen LogP contribution < -0.4 is 5.32 Å². The van der Waals surface area contributed by atoms with Crippen molar-refractivity contribution in [2.45, 2.75) is 44.6 Å². The fourth-order valence-electron chi connectivity index (χ4n) is 3.45. The van der Waals surface area contributed by atoms with Gasteiger partial charge in [0.05, 0.1) is 5.54 Å². The quantitative estimate of drug-likeness (QED) is 0.884.